The number of halogens is 1. The smallest absolute Gasteiger partial charge is 0.232 e. The molecule has 0 spiro atoms. The fourth-order valence-electron chi connectivity index (χ4n) is 3.45. The standard InChI is InChI=1S/C23H31FN2O3S/c1-4-19-8-6-9-20(5-2)23(19)26(30(3,28)29)17-7-10-22(27)25-16-15-18-11-13-21(24)14-12-18/h6,8-9,11-14H,4-5,7,10,15-17H2,1-3H3,(H,25,27). The predicted molar refractivity (Wildman–Crippen MR) is 120 cm³/mol. The van der Waals surface area contributed by atoms with E-state index in [-0.39, 0.29) is 24.7 Å². The number of aryl methyl sites for hydroxylation is 2. The lowest BCUT2D eigenvalue weighted by Crippen LogP contribution is -2.34. The summed E-state index contributed by atoms with van der Waals surface area (Å²) in [4.78, 5) is 12.2. The monoisotopic (exact) mass is 434 g/mol. The summed E-state index contributed by atoms with van der Waals surface area (Å²) in [6.07, 6.45) is 3.97. The van der Waals surface area contributed by atoms with Gasteiger partial charge < -0.3 is 5.32 Å². The number of anilines is 1. The molecule has 0 radical (unpaired) electrons. The number of carbonyl (C=O) groups excluding carboxylic acids is 1. The van der Waals surface area contributed by atoms with Crippen LogP contribution >= 0.6 is 0 Å². The van der Waals surface area contributed by atoms with Gasteiger partial charge in [0.15, 0.2) is 0 Å². The van der Waals surface area contributed by atoms with Crippen LogP contribution < -0.4 is 9.62 Å². The molecule has 0 aliphatic heterocycles. The van der Waals surface area contributed by atoms with E-state index in [1.807, 2.05) is 32.0 Å². The fourth-order valence-corrected chi connectivity index (χ4v) is 4.47. The normalized spacial score (nSPS) is 11.3. The summed E-state index contributed by atoms with van der Waals surface area (Å²) in [6, 6.07) is 12.1. The Morgan fingerprint density at radius 1 is 1.03 bits per heavy atom. The van der Waals surface area contributed by atoms with Crippen molar-refractivity contribution in [1.82, 2.24) is 5.32 Å². The van der Waals surface area contributed by atoms with E-state index >= 15 is 0 Å². The molecule has 0 unspecified atom stereocenters. The number of hydrogen-bond acceptors (Lipinski definition) is 3. The summed E-state index contributed by atoms with van der Waals surface area (Å²) in [5.74, 6) is -0.404. The number of benzene rings is 2. The van der Waals surface area contributed by atoms with Crippen LogP contribution in [0.1, 0.15) is 43.4 Å². The van der Waals surface area contributed by atoms with Crippen LogP contribution in [0.25, 0.3) is 0 Å². The van der Waals surface area contributed by atoms with Crippen molar-refractivity contribution in [3.8, 4) is 0 Å². The highest BCUT2D eigenvalue weighted by Crippen LogP contribution is 2.29. The minimum Gasteiger partial charge on any atom is -0.356 e. The zero-order chi connectivity index (χ0) is 22.1. The molecular weight excluding hydrogens is 403 g/mol. The average Bonchev–Trinajstić information content (AvgIpc) is 2.71. The first-order valence-electron chi connectivity index (χ1n) is 10.4. The van der Waals surface area contributed by atoms with Crippen LogP contribution in [-0.4, -0.2) is 33.7 Å². The van der Waals surface area contributed by atoms with Gasteiger partial charge in [0.05, 0.1) is 11.9 Å². The van der Waals surface area contributed by atoms with Crippen molar-refractivity contribution in [2.75, 3.05) is 23.7 Å². The summed E-state index contributed by atoms with van der Waals surface area (Å²) >= 11 is 0. The maximum absolute atomic E-state index is 12.9. The minimum absolute atomic E-state index is 0.120. The molecule has 2 aromatic rings. The Kier molecular flexibility index (Phi) is 8.84. The second kappa shape index (κ2) is 11.1. The summed E-state index contributed by atoms with van der Waals surface area (Å²) in [7, 11) is -3.47. The van der Waals surface area contributed by atoms with Crippen LogP contribution in [0.2, 0.25) is 0 Å². The van der Waals surface area contributed by atoms with E-state index in [4.69, 9.17) is 0 Å². The first-order valence-corrected chi connectivity index (χ1v) is 12.2. The minimum atomic E-state index is -3.47. The van der Waals surface area contributed by atoms with E-state index in [2.05, 4.69) is 5.32 Å². The third-order valence-corrected chi connectivity index (χ3v) is 6.19. The van der Waals surface area contributed by atoms with E-state index in [0.717, 1.165) is 35.2 Å². The highest BCUT2D eigenvalue weighted by Gasteiger charge is 2.22. The van der Waals surface area contributed by atoms with Crippen LogP contribution in [-0.2, 0) is 34.1 Å². The first kappa shape index (κ1) is 23.9. The maximum Gasteiger partial charge on any atom is 0.232 e. The largest absolute Gasteiger partial charge is 0.356 e. The third kappa shape index (κ3) is 6.83. The Morgan fingerprint density at radius 3 is 2.17 bits per heavy atom. The second-order valence-electron chi connectivity index (χ2n) is 7.30. The molecule has 2 rings (SSSR count). The number of nitrogens with zero attached hydrogens (tertiary/aromatic N) is 1. The van der Waals surface area contributed by atoms with Crippen molar-refractivity contribution >= 4 is 21.6 Å². The van der Waals surface area contributed by atoms with Gasteiger partial charge in [0.1, 0.15) is 5.82 Å². The summed E-state index contributed by atoms with van der Waals surface area (Å²) in [5, 5.41) is 2.84. The van der Waals surface area contributed by atoms with E-state index in [9.17, 15) is 17.6 Å². The molecule has 0 atom stereocenters. The van der Waals surface area contributed by atoms with Crippen LogP contribution in [0.15, 0.2) is 42.5 Å². The van der Waals surface area contributed by atoms with Gasteiger partial charge in [-0.2, -0.15) is 0 Å². The van der Waals surface area contributed by atoms with E-state index in [1.165, 1.54) is 22.7 Å². The third-order valence-electron chi connectivity index (χ3n) is 5.03. The number of nitrogens with one attached hydrogen (secondary N) is 1. The van der Waals surface area contributed by atoms with Crippen molar-refractivity contribution in [1.29, 1.82) is 0 Å². The van der Waals surface area contributed by atoms with Crippen LogP contribution in [0.5, 0.6) is 0 Å². The molecule has 2 aromatic carbocycles. The fraction of sp³-hybridized carbons (Fsp3) is 0.435. The zero-order valence-electron chi connectivity index (χ0n) is 17.9. The predicted octanol–water partition coefficient (Wildman–Crippen LogP) is 3.86. The number of amides is 1. The van der Waals surface area contributed by atoms with Crippen molar-refractivity contribution in [3.05, 3.63) is 65.0 Å². The van der Waals surface area contributed by atoms with Crippen molar-refractivity contribution < 1.29 is 17.6 Å². The van der Waals surface area contributed by atoms with Gasteiger partial charge in [-0.1, -0.05) is 44.2 Å². The van der Waals surface area contributed by atoms with Gasteiger partial charge in [-0.3, -0.25) is 9.10 Å². The molecule has 0 saturated carbocycles. The van der Waals surface area contributed by atoms with Crippen molar-refractivity contribution in [3.63, 3.8) is 0 Å². The molecule has 0 aliphatic rings. The lowest BCUT2D eigenvalue weighted by Gasteiger charge is -2.27. The molecule has 0 bridgehead atoms. The molecule has 30 heavy (non-hydrogen) atoms. The molecule has 1 amide bonds. The van der Waals surface area contributed by atoms with E-state index in [0.29, 0.717) is 19.4 Å². The van der Waals surface area contributed by atoms with Crippen LogP contribution in [0.4, 0.5) is 10.1 Å². The Morgan fingerprint density at radius 2 is 1.63 bits per heavy atom. The Labute approximate surface area is 179 Å². The van der Waals surface area contributed by atoms with Gasteiger partial charge in [-0.05, 0) is 54.5 Å². The molecule has 164 valence electrons. The lowest BCUT2D eigenvalue weighted by atomic mass is 10.0. The summed E-state index contributed by atoms with van der Waals surface area (Å²) in [5.41, 5.74) is 3.68. The van der Waals surface area contributed by atoms with Gasteiger partial charge in [0.2, 0.25) is 15.9 Å². The molecule has 0 heterocycles. The Hall–Kier alpha value is -2.41. The van der Waals surface area contributed by atoms with E-state index in [1.54, 1.807) is 12.1 Å². The number of rotatable bonds is 11. The quantitative estimate of drug-likeness (QED) is 0.584. The Bertz CT molecular complexity index is 921. The summed E-state index contributed by atoms with van der Waals surface area (Å²) < 4.78 is 39.4. The molecule has 0 aliphatic carbocycles. The molecule has 5 nitrogen and oxygen atoms in total. The van der Waals surface area contributed by atoms with Crippen LogP contribution in [0, 0.1) is 5.82 Å². The zero-order valence-corrected chi connectivity index (χ0v) is 18.8. The molecule has 0 aromatic heterocycles. The SMILES string of the molecule is CCc1cccc(CC)c1N(CCCC(=O)NCCc1ccc(F)cc1)S(C)(=O)=O. The average molecular weight is 435 g/mol. The number of sulfonamides is 1. The van der Waals surface area contributed by atoms with Crippen molar-refractivity contribution in [2.45, 2.75) is 46.0 Å². The van der Waals surface area contributed by atoms with Gasteiger partial charge >= 0.3 is 0 Å². The van der Waals surface area contributed by atoms with Gasteiger partial charge in [-0.15, -0.1) is 0 Å². The first-order chi connectivity index (χ1) is 14.3. The molecular formula is C23H31FN2O3S. The van der Waals surface area contributed by atoms with Gasteiger partial charge in [0, 0.05) is 19.5 Å². The molecule has 0 saturated heterocycles. The Balaban J connectivity index is 1.94. The number of para-hydroxylation sites is 1. The molecule has 0 fully saturated rings. The second-order valence-corrected chi connectivity index (χ2v) is 9.20. The summed E-state index contributed by atoms with van der Waals surface area (Å²) in [6.45, 7) is 4.73. The van der Waals surface area contributed by atoms with Gasteiger partial charge in [-0.25, -0.2) is 12.8 Å². The molecule has 7 heteroatoms. The highest BCUT2D eigenvalue weighted by molar-refractivity contribution is 7.92. The highest BCUT2D eigenvalue weighted by atomic mass is 32.2. The number of carbonyl (C=O) groups is 1. The van der Waals surface area contributed by atoms with Crippen LogP contribution in [0.3, 0.4) is 0 Å². The maximum atomic E-state index is 12.9. The van der Waals surface area contributed by atoms with Gasteiger partial charge in [0.25, 0.3) is 0 Å². The number of hydrogen-bond donors (Lipinski definition) is 1. The van der Waals surface area contributed by atoms with Crippen molar-refractivity contribution in [2.24, 2.45) is 0 Å². The van der Waals surface area contributed by atoms with E-state index < -0.39 is 10.0 Å². The lowest BCUT2D eigenvalue weighted by molar-refractivity contribution is -0.121. The topological polar surface area (TPSA) is 66.5 Å². The molecule has 1 N–H and O–H groups in total.